The van der Waals surface area contributed by atoms with Gasteiger partial charge in [-0.15, -0.1) is 0 Å². The fourth-order valence-corrected chi connectivity index (χ4v) is 13.1. The van der Waals surface area contributed by atoms with Crippen LogP contribution < -0.4 is 38.6 Å². The van der Waals surface area contributed by atoms with Gasteiger partial charge < -0.3 is 81.5 Å². The number of aryl methyl sites for hydroxylation is 1. The van der Waals surface area contributed by atoms with E-state index in [4.69, 9.17) is 64.7 Å². The predicted molar refractivity (Wildman–Crippen MR) is 248 cm³/mol. The molecule has 0 radical (unpaired) electrons. The number of hydrogen-bond acceptors (Lipinski definition) is 30. The van der Waals surface area contributed by atoms with Crippen molar-refractivity contribution in [3.05, 3.63) is 39.7 Å². The van der Waals surface area contributed by atoms with E-state index < -0.39 is 136 Å². The Morgan fingerprint density at radius 3 is 1.84 bits per heavy atom. The van der Waals surface area contributed by atoms with Crippen LogP contribution in [0.1, 0.15) is 18.7 Å². The molecule has 0 amide bonds. The molecule has 6 aromatic rings. The summed E-state index contributed by atoms with van der Waals surface area (Å²) in [6.07, 6.45) is -15.9. The Kier molecular flexibility index (Phi) is 15.4. The van der Waals surface area contributed by atoms with Crippen LogP contribution in [-0.4, -0.2) is 177 Å². The molecule has 16 atom stereocenters. The second kappa shape index (κ2) is 21.0. The topological polar surface area (TPSA) is 577 Å². The molecule has 7 unspecified atom stereocenters. The molecule has 9 heterocycles. The minimum absolute atomic E-state index is 0.0179. The third-order valence-corrected chi connectivity index (χ3v) is 17.1. The molecule has 3 saturated heterocycles. The first-order chi connectivity index (χ1) is 36.1. The lowest BCUT2D eigenvalue weighted by atomic mass is 10.1. The molecular weight excluding hydrogens is 1130 g/mol. The number of aromatic nitrogens is 12. The maximum Gasteiger partial charge on any atom is 0.490 e. The van der Waals surface area contributed by atoms with Gasteiger partial charge in [0.25, 0.3) is 17.1 Å². The number of H-pyrrole nitrogens is 2. The quantitative estimate of drug-likeness (QED) is 0.0253. The minimum atomic E-state index is -6.20. The van der Waals surface area contributed by atoms with Gasteiger partial charge in [-0.3, -0.25) is 51.4 Å². The number of nitrogens with two attached hydrogens (primary N) is 4. The van der Waals surface area contributed by atoms with E-state index in [1.54, 1.807) is 0 Å². The van der Waals surface area contributed by atoms with Crippen LogP contribution in [0.15, 0.2) is 28.6 Å². The molecule has 3 aliphatic rings. The van der Waals surface area contributed by atoms with E-state index in [9.17, 15) is 62.7 Å². The molecule has 0 aromatic carbocycles. The van der Waals surface area contributed by atoms with Crippen molar-refractivity contribution in [2.45, 2.75) is 73.6 Å². The number of imidazole rings is 3. The number of fused-ring (bicyclic) bond motifs is 3. The number of phosphoric acid groups is 4. The second-order valence-corrected chi connectivity index (χ2v) is 22.9. The van der Waals surface area contributed by atoms with Crippen molar-refractivity contribution in [1.82, 2.24) is 53.6 Å². The first-order valence-electron chi connectivity index (χ1n) is 21.8. The van der Waals surface area contributed by atoms with Gasteiger partial charge in [0.15, 0.2) is 41.4 Å². The van der Waals surface area contributed by atoms with Crippen molar-refractivity contribution in [3.63, 3.8) is 0 Å². The molecule has 40 nitrogen and oxygen atoms in total. The third-order valence-electron chi connectivity index (χ3n) is 11.9. The zero-order valence-electron chi connectivity index (χ0n) is 39.4. The maximum atomic E-state index is 13.7. The van der Waals surface area contributed by atoms with E-state index >= 15 is 0 Å². The van der Waals surface area contributed by atoms with Crippen LogP contribution in [0, 0.1) is 0 Å². The monoisotopic (exact) mass is 1180 g/mol. The first kappa shape index (κ1) is 56.4. The van der Waals surface area contributed by atoms with Gasteiger partial charge >= 0.3 is 36.9 Å². The lowest BCUT2D eigenvalue weighted by Gasteiger charge is -2.26. The Labute approximate surface area is 426 Å². The van der Waals surface area contributed by atoms with Crippen LogP contribution in [0.5, 0.6) is 0 Å². The van der Waals surface area contributed by atoms with Gasteiger partial charge in [0.05, 0.1) is 39.5 Å². The van der Waals surface area contributed by atoms with E-state index in [1.807, 2.05) is 0 Å². The number of nitrogens with one attached hydrogen (secondary N) is 2. The fourth-order valence-electron chi connectivity index (χ4n) is 8.65. The Bertz CT molecular complexity index is 3540. The molecule has 0 aliphatic carbocycles. The number of aliphatic hydroxyl groups is 3. The molecule has 44 heteroatoms. The number of nitrogens with zero attached hydrogens (tertiary/aromatic N) is 10. The molecule has 3 fully saturated rings. The zero-order valence-corrected chi connectivity index (χ0v) is 43.0. The minimum Gasteiger partial charge on any atom is -0.387 e. The smallest absolute Gasteiger partial charge is 0.387 e. The summed E-state index contributed by atoms with van der Waals surface area (Å²) in [6.45, 7) is -3.29. The average molecular weight is 1180 g/mol. The molecule has 0 saturated carbocycles. The molecule has 0 bridgehead atoms. The van der Waals surface area contributed by atoms with Gasteiger partial charge in [-0.2, -0.15) is 23.6 Å². The highest BCUT2D eigenvalue weighted by Gasteiger charge is 2.54. The summed E-state index contributed by atoms with van der Waals surface area (Å²) in [7, 11) is -19.8. The van der Waals surface area contributed by atoms with Crippen molar-refractivity contribution in [2.75, 3.05) is 57.0 Å². The van der Waals surface area contributed by atoms with Crippen LogP contribution in [0.4, 0.5) is 23.7 Å². The van der Waals surface area contributed by atoms with Crippen molar-refractivity contribution >= 4 is 88.4 Å². The number of ether oxygens (including phenoxy) is 5. The summed E-state index contributed by atoms with van der Waals surface area (Å²) in [5.41, 5.74) is 21.3. The van der Waals surface area contributed by atoms with Crippen LogP contribution in [0.2, 0.25) is 0 Å². The van der Waals surface area contributed by atoms with Crippen LogP contribution >= 0.6 is 31.3 Å². The molecular formula is C33H47N16O24P4+. The van der Waals surface area contributed by atoms with E-state index in [0.29, 0.717) is 0 Å². The van der Waals surface area contributed by atoms with Crippen LogP contribution in [-0.2, 0) is 75.7 Å². The van der Waals surface area contributed by atoms with E-state index in [0.717, 1.165) is 36.0 Å². The number of aliphatic hydroxyl groups excluding tert-OH is 3. The Balaban J connectivity index is 0.874. The summed E-state index contributed by atoms with van der Waals surface area (Å²) in [4.78, 5) is 96.1. The number of phosphoric ester groups is 3. The fraction of sp³-hybridized carbons (Fsp3) is 0.545. The standard InChI is InChI=1S/C33H46N16O24P4/c1-46-9-49(25-15(46)27(54)45-33(37)43-25)29-18(52)19(63-2)11(69-29)5-66-75(57,58)72-77(61,62)73-76(59,60)67-6-12-20(21(64-3)30(70-12)48-7-38-13-22(34)40-31(35)41-23(13)48)71-74(55,56)65-4-10-16(50)17(51)28(68-10)47-8-39-14-24(47)42-32(36)44-26(14)53/h7-12,16-21,28-30,50-52H,4-6H2,1-3H3,(H13-,34,35,36,37,40,41,42,43,44,45,53,54,55,56,57,58,59,60,61,62)/p+1/t10-,11-,12-,16?,17+,18?,19+,20?,21+,28-,29-,30-/m1/s1. The van der Waals surface area contributed by atoms with Gasteiger partial charge in [-0.05, 0) is 0 Å². The summed E-state index contributed by atoms with van der Waals surface area (Å²) in [6, 6.07) is 0. The van der Waals surface area contributed by atoms with Crippen LogP contribution in [0.25, 0.3) is 33.5 Å². The predicted octanol–water partition coefficient (Wildman–Crippen LogP) is -4.47. The number of hydrogen-bond donors (Lipinski definition) is 13. The summed E-state index contributed by atoms with van der Waals surface area (Å²) in [5, 5.41) is 32.9. The highest BCUT2D eigenvalue weighted by molar-refractivity contribution is 7.66. The average Bonchev–Trinajstić information content (AvgIpc) is 4.22. The second-order valence-electron chi connectivity index (χ2n) is 16.9. The van der Waals surface area contributed by atoms with Gasteiger partial charge in [0.1, 0.15) is 60.5 Å². The van der Waals surface area contributed by atoms with Crippen molar-refractivity contribution in [1.29, 1.82) is 0 Å². The van der Waals surface area contributed by atoms with E-state index in [2.05, 4.69) is 48.5 Å². The number of aromatic amines is 2. The van der Waals surface area contributed by atoms with Crippen molar-refractivity contribution in [3.8, 4) is 0 Å². The first-order valence-corrected chi connectivity index (χ1v) is 27.7. The molecule has 422 valence electrons. The van der Waals surface area contributed by atoms with Crippen LogP contribution in [0.3, 0.4) is 0 Å². The van der Waals surface area contributed by atoms with Gasteiger partial charge in [-0.1, -0.05) is 4.98 Å². The normalized spacial score (nSPS) is 30.0. The van der Waals surface area contributed by atoms with E-state index in [1.165, 1.54) is 22.5 Å². The number of rotatable bonds is 20. The summed E-state index contributed by atoms with van der Waals surface area (Å²) < 4.78 is 115. The Hall–Kier alpha value is -5.35. The highest BCUT2D eigenvalue weighted by Crippen LogP contribution is 2.68. The van der Waals surface area contributed by atoms with Gasteiger partial charge in [0.2, 0.25) is 23.6 Å². The zero-order chi connectivity index (χ0) is 55.8. The summed E-state index contributed by atoms with van der Waals surface area (Å²) >= 11 is 0. The third kappa shape index (κ3) is 11.3. The van der Waals surface area contributed by atoms with Crippen molar-refractivity contribution in [2.24, 2.45) is 7.05 Å². The summed E-state index contributed by atoms with van der Waals surface area (Å²) in [5.74, 6) is -1.13. The number of anilines is 4. The molecule has 9 rings (SSSR count). The molecule has 0 spiro atoms. The molecule has 3 aliphatic heterocycles. The SMILES string of the molecule is CO[C@@H]1C(O)[C@H]([n+]2cn(C)c3c(=O)[nH]c(N)nc32)O[C@@H]1COP(=O)(O)OP(=O)(O)OP(=O)(O)OC[C@H]1O[C@@H](n2cnc3c(N)nc(N)nc32)[C@@H](OC)C1OP(=O)(O)OC[C@H]1O[C@@H](n2cnc3c(=O)[nH]c(N)nc32)[C@@H](O)C1O. The molecule has 6 aromatic heterocycles. The number of methoxy groups -OCH3 is 2. The Morgan fingerprint density at radius 1 is 0.649 bits per heavy atom. The Morgan fingerprint density at radius 2 is 1.19 bits per heavy atom. The van der Waals surface area contributed by atoms with Gasteiger partial charge in [-0.25, -0.2) is 32.8 Å². The highest BCUT2D eigenvalue weighted by atomic mass is 31.3. The van der Waals surface area contributed by atoms with Gasteiger partial charge in [0, 0.05) is 14.2 Å². The largest absolute Gasteiger partial charge is 0.490 e. The van der Waals surface area contributed by atoms with Crippen molar-refractivity contribution < 1.29 is 108 Å². The van der Waals surface area contributed by atoms with E-state index in [-0.39, 0.29) is 57.2 Å². The maximum absolute atomic E-state index is 13.7. The number of nitrogen functional groups attached to an aromatic ring is 4. The lowest BCUT2D eigenvalue weighted by molar-refractivity contribution is -0.745. The molecule has 17 N–H and O–H groups in total. The lowest BCUT2D eigenvalue weighted by Crippen LogP contribution is -2.46. The molecule has 77 heavy (non-hydrogen) atoms.